The van der Waals surface area contributed by atoms with Gasteiger partial charge < -0.3 is 15.7 Å². The van der Waals surface area contributed by atoms with Crippen LogP contribution in [0.3, 0.4) is 0 Å². The van der Waals surface area contributed by atoms with Gasteiger partial charge in [-0.25, -0.2) is 0 Å². The van der Waals surface area contributed by atoms with Crippen molar-refractivity contribution < 1.29 is 27.9 Å². The molecule has 32 heavy (non-hydrogen) atoms. The van der Waals surface area contributed by atoms with E-state index in [0.717, 1.165) is 30.5 Å². The van der Waals surface area contributed by atoms with Gasteiger partial charge in [-0.2, -0.15) is 13.2 Å². The molecule has 1 fully saturated rings. The maximum absolute atomic E-state index is 14.1. The molecule has 168 valence electrons. The fourth-order valence-electron chi connectivity index (χ4n) is 4.53. The summed E-state index contributed by atoms with van der Waals surface area (Å²) < 4.78 is 42.2. The molecule has 2 amide bonds. The Kier molecular flexibility index (Phi) is 5.71. The summed E-state index contributed by atoms with van der Waals surface area (Å²) in [5.74, 6) is -3.30. The van der Waals surface area contributed by atoms with Crippen LogP contribution in [0.5, 0.6) is 0 Å². The molecule has 1 unspecified atom stereocenters. The molecule has 2 aliphatic rings. The van der Waals surface area contributed by atoms with Gasteiger partial charge in [-0.05, 0) is 42.0 Å². The molecule has 1 aliphatic heterocycles. The molecule has 2 aromatic rings. The maximum Gasteiger partial charge on any atom is 0.423 e. The van der Waals surface area contributed by atoms with Gasteiger partial charge in [0.2, 0.25) is 5.54 Å². The lowest BCUT2D eigenvalue weighted by Crippen LogP contribution is -2.53. The summed E-state index contributed by atoms with van der Waals surface area (Å²) in [7, 11) is 0. The highest BCUT2D eigenvalue weighted by Gasteiger charge is 2.65. The minimum absolute atomic E-state index is 0.326. The fraction of sp³-hybridized carbons (Fsp3) is 0.333. The number of carbonyl (C=O) groups excluding carboxylic acids is 2. The molecule has 1 aliphatic carbocycles. The number of aliphatic hydroxyl groups excluding tert-OH is 1. The van der Waals surface area contributed by atoms with Crippen molar-refractivity contribution in [1.82, 2.24) is 5.32 Å². The number of alkyl halides is 3. The molecule has 1 atom stereocenters. The Labute approximate surface area is 183 Å². The van der Waals surface area contributed by atoms with Crippen LogP contribution < -0.4 is 10.6 Å². The number of nitrogens with one attached hydrogen (secondary N) is 2. The molecule has 0 bridgehead atoms. The SMILES string of the molecule is O=C(Nc1ccc(C2CCCCC2)cc1)C1=C(O)C(c2ccccc2)(C(F)(F)F)NC1=O. The van der Waals surface area contributed by atoms with E-state index in [9.17, 15) is 27.9 Å². The lowest BCUT2D eigenvalue weighted by molar-refractivity contribution is -0.194. The van der Waals surface area contributed by atoms with Gasteiger partial charge in [-0.15, -0.1) is 0 Å². The number of halogens is 3. The third-order valence-corrected chi connectivity index (χ3v) is 6.22. The number of anilines is 1. The van der Waals surface area contributed by atoms with Crippen LogP contribution in [-0.4, -0.2) is 23.1 Å². The van der Waals surface area contributed by atoms with Crippen molar-refractivity contribution in [2.24, 2.45) is 0 Å². The van der Waals surface area contributed by atoms with Crippen LogP contribution in [0.4, 0.5) is 18.9 Å². The Morgan fingerprint density at radius 2 is 1.62 bits per heavy atom. The molecule has 8 heteroatoms. The lowest BCUT2D eigenvalue weighted by atomic mass is 9.84. The number of carbonyl (C=O) groups is 2. The quantitative estimate of drug-likeness (QED) is 0.576. The summed E-state index contributed by atoms with van der Waals surface area (Å²) in [4.78, 5) is 25.1. The van der Waals surface area contributed by atoms with Crippen molar-refractivity contribution in [2.75, 3.05) is 5.32 Å². The van der Waals surface area contributed by atoms with Gasteiger partial charge in [0.25, 0.3) is 11.8 Å². The summed E-state index contributed by atoms with van der Waals surface area (Å²) >= 11 is 0. The molecule has 0 aromatic heterocycles. The van der Waals surface area contributed by atoms with Crippen molar-refractivity contribution in [1.29, 1.82) is 0 Å². The number of rotatable bonds is 4. The van der Waals surface area contributed by atoms with E-state index < -0.39 is 40.4 Å². The summed E-state index contributed by atoms with van der Waals surface area (Å²) in [6.45, 7) is 0. The van der Waals surface area contributed by atoms with Crippen molar-refractivity contribution in [3.05, 3.63) is 77.1 Å². The Morgan fingerprint density at radius 3 is 2.22 bits per heavy atom. The molecule has 0 saturated heterocycles. The van der Waals surface area contributed by atoms with Crippen LogP contribution in [0.25, 0.3) is 0 Å². The Hall–Kier alpha value is -3.29. The Bertz CT molecular complexity index is 1040. The monoisotopic (exact) mass is 444 g/mol. The predicted octanol–water partition coefficient (Wildman–Crippen LogP) is 5.07. The van der Waals surface area contributed by atoms with Crippen LogP contribution in [0, 0.1) is 0 Å². The van der Waals surface area contributed by atoms with Gasteiger partial charge in [0.15, 0.2) is 5.76 Å². The van der Waals surface area contributed by atoms with E-state index in [1.54, 1.807) is 17.4 Å². The molecule has 5 nitrogen and oxygen atoms in total. The highest BCUT2D eigenvalue weighted by atomic mass is 19.4. The van der Waals surface area contributed by atoms with Crippen LogP contribution in [-0.2, 0) is 15.1 Å². The molecule has 3 N–H and O–H groups in total. The maximum atomic E-state index is 14.1. The zero-order valence-corrected chi connectivity index (χ0v) is 17.2. The van der Waals surface area contributed by atoms with Crippen LogP contribution in [0.1, 0.15) is 49.1 Å². The zero-order valence-electron chi connectivity index (χ0n) is 17.2. The second-order valence-corrected chi connectivity index (χ2v) is 8.20. The van der Waals surface area contributed by atoms with Crippen molar-refractivity contribution in [3.8, 4) is 0 Å². The van der Waals surface area contributed by atoms with Crippen LogP contribution in [0.2, 0.25) is 0 Å². The summed E-state index contributed by atoms with van der Waals surface area (Å²) in [5.41, 5.74) is -3.06. The normalized spacial score (nSPS) is 22.0. The first kappa shape index (κ1) is 21.9. The molecule has 1 heterocycles. The van der Waals surface area contributed by atoms with Gasteiger partial charge >= 0.3 is 6.18 Å². The second-order valence-electron chi connectivity index (χ2n) is 8.20. The standard InChI is InChI=1S/C24H23F3N2O3/c25-24(26,27)23(17-9-5-2-6-10-17)20(30)19(22(32)29-23)21(31)28-18-13-11-16(12-14-18)15-7-3-1-4-8-15/h2,5-6,9-15,30H,1,3-4,7-8H2,(H,28,31)(H,29,32). The minimum Gasteiger partial charge on any atom is -0.508 e. The van der Waals surface area contributed by atoms with E-state index in [1.807, 2.05) is 12.1 Å². The van der Waals surface area contributed by atoms with Crippen molar-refractivity contribution in [2.45, 2.75) is 49.7 Å². The van der Waals surface area contributed by atoms with Gasteiger partial charge in [-0.1, -0.05) is 61.7 Å². The zero-order chi connectivity index (χ0) is 22.9. The number of amides is 2. The average Bonchev–Trinajstić information content (AvgIpc) is 3.06. The summed E-state index contributed by atoms with van der Waals surface area (Å²) in [5, 5.41) is 14.8. The van der Waals surface area contributed by atoms with E-state index in [4.69, 9.17) is 0 Å². The van der Waals surface area contributed by atoms with Gasteiger partial charge in [-0.3, -0.25) is 9.59 Å². The van der Waals surface area contributed by atoms with Crippen molar-refractivity contribution >= 4 is 17.5 Å². The molecule has 0 spiro atoms. The molecular formula is C24H23F3N2O3. The van der Waals surface area contributed by atoms with Gasteiger partial charge in [0, 0.05) is 5.69 Å². The fourth-order valence-corrected chi connectivity index (χ4v) is 4.53. The van der Waals surface area contributed by atoms with E-state index in [1.165, 1.54) is 37.5 Å². The van der Waals surface area contributed by atoms with Gasteiger partial charge in [0.1, 0.15) is 5.57 Å². The van der Waals surface area contributed by atoms with Crippen LogP contribution >= 0.6 is 0 Å². The van der Waals surface area contributed by atoms with Gasteiger partial charge in [0.05, 0.1) is 0 Å². The second kappa shape index (κ2) is 8.33. The molecule has 0 radical (unpaired) electrons. The van der Waals surface area contributed by atoms with E-state index in [-0.39, 0.29) is 0 Å². The third-order valence-electron chi connectivity index (χ3n) is 6.22. The minimum atomic E-state index is -5.07. The molecular weight excluding hydrogens is 421 g/mol. The lowest BCUT2D eigenvalue weighted by Gasteiger charge is -2.32. The predicted molar refractivity (Wildman–Crippen MR) is 113 cm³/mol. The number of hydrogen-bond acceptors (Lipinski definition) is 3. The van der Waals surface area contributed by atoms with Crippen LogP contribution in [0.15, 0.2) is 65.9 Å². The number of hydrogen-bond donors (Lipinski definition) is 3. The average molecular weight is 444 g/mol. The number of aliphatic hydroxyl groups is 1. The first-order chi connectivity index (χ1) is 15.2. The van der Waals surface area contributed by atoms with E-state index >= 15 is 0 Å². The topological polar surface area (TPSA) is 78.4 Å². The first-order valence-corrected chi connectivity index (χ1v) is 10.5. The highest BCUT2D eigenvalue weighted by molar-refractivity contribution is 6.25. The Balaban J connectivity index is 1.61. The van der Waals surface area contributed by atoms with E-state index in [0.29, 0.717) is 11.6 Å². The first-order valence-electron chi connectivity index (χ1n) is 10.5. The molecule has 1 saturated carbocycles. The summed E-state index contributed by atoms with van der Waals surface area (Å²) in [6, 6.07) is 13.5. The van der Waals surface area contributed by atoms with Crippen molar-refractivity contribution in [3.63, 3.8) is 0 Å². The highest BCUT2D eigenvalue weighted by Crippen LogP contribution is 2.47. The smallest absolute Gasteiger partial charge is 0.423 e. The Morgan fingerprint density at radius 1 is 1.00 bits per heavy atom. The largest absolute Gasteiger partial charge is 0.508 e. The summed E-state index contributed by atoms with van der Waals surface area (Å²) in [6.07, 6.45) is 0.713. The molecule has 2 aromatic carbocycles. The third kappa shape index (κ3) is 3.74. The number of benzene rings is 2. The molecule has 4 rings (SSSR count). The van der Waals surface area contributed by atoms with E-state index in [2.05, 4.69) is 5.32 Å².